The Balaban J connectivity index is 1.84. The molecular weight excluding hydrogens is 228 g/mol. The Morgan fingerprint density at radius 2 is 1.72 bits per heavy atom. The standard InChI is InChI=1S/C14H14N2O2/c15-11-6-8-12(9-7-11)16-14(17)10-18-13-4-2-1-3-5-13/h1-9H,10,15H2,(H,16,17). The number of anilines is 2. The van der Waals surface area contributed by atoms with Crippen molar-refractivity contribution in [3.05, 3.63) is 54.6 Å². The largest absolute Gasteiger partial charge is 0.484 e. The van der Waals surface area contributed by atoms with Crippen LogP contribution in [-0.2, 0) is 4.79 Å². The number of rotatable bonds is 4. The second kappa shape index (κ2) is 5.72. The maximum atomic E-state index is 11.6. The van der Waals surface area contributed by atoms with Crippen LogP contribution in [0.4, 0.5) is 11.4 Å². The Morgan fingerprint density at radius 1 is 1.06 bits per heavy atom. The van der Waals surface area contributed by atoms with Gasteiger partial charge in [-0.3, -0.25) is 4.79 Å². The van der Waals surface area contributed by atoms with Gasteiger partial charge in [0.2, 0.25) is 0 Å². The number of hydrogen-bond acceptors (Lipinski definition) is 3. The normalized spacial score (nSPS) is 9.78. The van der Waals surface area contributed by atoms with E-state index in [0.29, 0.717) is 17.1 Å². The summed E-state index contributed by atoms with van der Waals surface area (Å²) in [6.45, 7) is -0.0195. The highest BCUT2D eigenvalue weighted by atomic mass is 16.5. The number of benzene rings is 2. The van der Waals surface area contributed by atoms with Crippen molar-refractivity contribution in [1.29, 1.82) is 0 Å². The van der Waals surface area contributed by atoms with Crippen molar-refractivity contribution < 1.29 is 9.53 Å². The van der Waals surface area contributed by atoms with Crippen molar-refractivity contribution in [2.45, 2.75) is 0 Å². The van der Waals surface area contributed by atoms with Crippen LogP contribution in [-0.4, -0.2) is 12.5 Å². The Hall–Kier alpha value is -2.49. The van der Waals surface area contributed by atoms with E-state index in [1.54, 1.807) is 36.4 Å². The molecule has 0 saturated heterocycles. The fourth-order valence-corrected chi connectivity index (χ4v) is 1.43. The minimum absolute atomic E-state index is 0.0195. The van der Waals surface area contributed by atoms with E-state index in [4.69, 9.17) is 10.5 Å². The number of carbonyl (C=O) groups is 1. The first-order chi connectivity index (χ1) is 8.74. The molecule has 2 rings (SSSR count). The molecule has 0 aliphatic carbocycles. The minimum Gasteiger partial charge on any atom is -0.484 e. The van der Waals surface area contributed by atoms with Gasteiger partial charge in [-0.15, -0.1) is 0 Å². The number of hydrogen-bond donors (Lipinski definition) is 2. The van der Waals surface area contributed by atoms with E-state index in [0.717, 1.165) is 0 Å². The number of nitrogen functional groups attached to an aromatic ring is 1. The fraction of sp³-hybridized carbons (Fsp3) is 0.0714. The van der Waals surface area contributed by atoms with E-state index in [1.807, 2.05) is 18.2 Å². The number of para-hydroxylation sites is 1. The molecular formula is C14H14N2O2. The van der Waals surface area contributed by atoms with Crippen molar-refractivity contribution in [3.63, 3.8) is 0 Å². The molecule has 2 aromatic carbocycles. The number of ether oxygens (including phenoxy) is 1. The van der Waals surface area contributed by atoms with Crippen molar-refractivity contribution in [2.75, 3.05) is 17.7 Å². The SMILES string of the molecule is Nc1ccc(NC(=O)COc2ccccc2)cc1. The molecule has 0 radical (unpaired) electrons. The molecule has 0 unspecified atom stereocenters. The van der Waals surface area contributed by atoms with Gasteiger partial charge in [0, 0.05) is 11.4 Å². The lowest BCUT2D eigenvalue weighted by Gasteiger charge is -2.07. The predicted octanol–water partition coefficient (Wildman–Crippen LogP) is 2.29. The highest BCUT2D eigenvalue weighted by Gasteiger charge is 2.03. The minimum atomic E-state index is -0.205. The molecule has 0 aliphatic rings. The van der Waals surface area contributed by atoms with Gasteiger partial charge in [-0.2, -0.15) is 0 Å². The predicted molar refractivity (Wildman–Crippen MR) is 71.4 cm³/mol. The van der Waals surface area contributed by atoms with Crippen LogP contribution in [0.5, 0.6) is 5.75 Å². The molecule has 0 saturated carbocycles. The summed E-state index contributed by atoms with van der Waals surface area (Å²) in [6.07, 6.45) is 0. The lowest BCUT2D eigenvalue weighted by Crippen LogP contribution is -2.20. The van der Waals surface area contributed by atoms with Gasteiger partial charge < -0.3 is 15.8 Å². The van der Waals surface area contributed by atoms with Crippen LogP contribution in [0.2, 0.25) is 0 Å². The first-order valence-corrected chi connectivity index (χ1v) is 5.57. The van der Waals surface area contributed by atoms with Gasteiger partial charge in [-0.25, -0.2) is 0 Å². The fourth-order valence-electron chi connectivity index (χ4n) is 1.43. The molecule has 92 valence electrons. The lowest BCUT2D eigenvalue weighted by molar-refractivity contribution is -0.118. The highest BCUT2D eigenvalue weighted by molar-refractivity contribution is 5.92. The average molecular weight is 242 g/mol. The Kier molecular flexibility index (Phi) is 3.81. The maximum Gasteiger partial charge on any atom is 0.262 e. The molecule has 0 aliphatic heterocycles. The summed E-state index contributed by atoms with van der Waals surface area (Å²) in [6, 6.07) is 16.2. The van der Waals surface area contributed by atoms with E-state index in [9.17, 15) is 4.79 Å². The topological polar surface area (TPSA) is 64.3 Å². The molecule has 0 aromatic heterocycles. The Morgan fingerprint density at radius 3 is 2.39 bits per heavy atom. The molecule has 4 nitrogen and oxygen atoms in total. The van der Waals surface area contributed by atoms with Crippen LogP contribution < -0.4 is 15.8 Å². The van der Waals surface area contributed by atoms with Crippen molar-refractivity contribution >= 4 is 17.3 Å². The molecule has 0 spiro atoms. The second-order valence-corrected chi connectivity index (χ2v) is 3.77. The van der Waals surface area contributed by atoms with Gasteiger partial charge >= 0.3 is 0 Å². The Bertz CT molecular complexity index is 509. The summed E-state index contributed by atoms with van der Waals surface area (Å²) in [5.74, 6) is 0.466. The zero-order valence-corrected chi connectivity index (χ0v) is 9.80. The monoisotopic (exact) mass is 242 g/mol. The zero-order chi connectivity index (χ0) is 12.8. The zero-order valence-electron chi connectivity index (χ0n) is 9.80. The van der Waals surface area contributed by atoms with Gasteiger partial charge in [0.25, 0.3) is 5.91 Å². The van der Waals surface area contributed by atoms with Gasteiger partial charge in [0.05, 0.1) is 0 Å². The molecule has 0 bridgehead atoms. The third kappa shape index (κ3) is 3.52. The number of amides is 1. The van der Waals surface area contributed by atoms with E-state index in [1.165, 1.54) is 0 Å². The van der Waals surface area contributed by atoms with E-state index in [2.05, 4.69) is 5.32 Å². The summed E-state index contributed by atoms with van der Waals surface area (Å²) >= 11 is 0. The van der Waals surface area contributed by atoms with Crippen molar-refractivity contribution in [3.8, 4) is 5.75 Å². The molecule has 0 heterocycles. The average Bonchev–Trinajstić information content (AvgIpc) is 2.40. The number of nitrogens with two attached hydrogens (primary N) is 1. The summed E-state index contributed by atoms with van der Waals surface area (Å²) in [5, 5.41) is 2.72. The van der Waals surface area contributed by atoms with Crippen LogP contribution in [0, 0.1) is 0 Å². The van der Waals surface area contributed by atoms with Crippen LogP contribution >= 0.6 is 0 Å². The smallest absolute Gasteiger partial charge is 0.262 e. The first kappa shape index (κ1) is 12.0. The van der Waals surface area contributed by atoms with Crippen molar-refractivity contribution in [2.24, 2.45) is 0 Å². The highest BCUT2D eigenvalue weighted by Crippen LogP contribution is 2.11. The van der Waals surface area contributed by atoms with Crippen molar-refractivity contribution in [1.82, 2.24) is 0 Å². The van der Waals surface area contributed by atoms with Gasteiger partial charge in [-0.1, -0.05) is 18.2 Å². The van der Waals surface area contributed by atoms with Gasteiger partial charge in [0.1, 0.15) is 5.75 Å². The number of nitrogens with one attached hydrogen (secondary N) is 1. The Labute approximate surface area is 105 Å². The molecule has 18 heavy (non-hydrogen) atoms. The third-order valence-electron chi connectivity index (χ3n) is 2.31. The maximum absolute atomic E-state index is 11.6. The summed E-state index contributed by atoms with van der Waals surface area (Å²) in [5.41, 5.74) is 6.92. The molecule has 3 N–H and O–H groups in total. The van der Waals surface area contributed by atoms with Crippen LogP contribution in [0.3, 0.4) is 0 Å². The summed E-state index contributed by atoms with van der Waals surface area (Å²) in [4.78, 5) is 11.6. The molecule has 0 fully saturated rings. The summed E-state index contributed by atoms with van der Waals surface area (Å²) < 4.78 is 5.33. The quantitative estimate of drug-likeness (QED) is 0.808. The lowest BCUT2D eigenvalue weighted by atomic mass is 10.3. The summed E-state index contributed by atoms with van der Waals surface area (Å²) in [7, 11) is 0. The van der Waals surface area contributed by atoms with E-state index in [-0.39, 0.29) is 12.5 Å². The van der Waals surface area contributed by atoms with E-state index < -0.39 is 0 Å². The van der Waals surface area contributed by atoms with Crippen LogP contribution in [0.1, 0.15) is 0 Å². The van der Waals surface area contributed by atoms with Gasteiger partial charge in [-0.05, 0) is 36.4 Å². The number of carbonyl (C=O) groups excluding carboxylic acids is 1. The molecule has 0 atom stereocenters. The molecule has 4 heteroatoms. The molecule has 2 aromatic rings. The first-order valence-electron chi connectivity index (χ1n) is 5.57. The third-order valence-corrected chi connectivity index (χ3v) is 2.31. The van der Waals surface area contributed by atoms with Gasteiger partial charge in [0.15, 0.2) is 6.61 Å². The molecule has 1 amide bonds. The van der Waals surface area contributed by atoms with E-state index >= 15 is 0 Å². The van der Waals surface area contributed by atoms with Crippen LogP contribution in [0.25, 0.3) is 0 Å². The second-order valence-electron chi connectivity index (χ2n) is 3.77. The van der Waals surface area contributed by atoms with Crippen LogP contribution in [0.15, 0.2) is 54.6 Å².